The minimum absolute atomic E-state index is 0.188. The molecule has 0 unspecified atom stereocenters. The molecule has 0 atom stereocenters. The van der Waals surface area contributed by atoms with E-state index in [0.717, 1.165) is 5.56 Å². The predicted octanol–water partition coefficient (Wildman–Crippen LogP) is 3.81. The molecule has 0 amide bonds. The van der Waals surface area contributed by atoms with Gasteiger partial charge in [-0.25, -0.2) is 4.39 Å². The summed E-state index contributed by atoms with van der Waals surface area (Å²) in [5, 5.41) is 5.09. The minimum Gasteiger partial charge on any atom is -0.378 e. The topological polar surface area (TPSA) is 12.0 Å². The maximum atomic E-state index is 13.4. The number of rotatable bonds is 3. The number of anilines is 1. The van der Waals surface area contributed by atoms with E-state index < -0.39 is 0 Å². The highest BCUT2D eigenvalue weighted by atomic mass is 32.1. The number of nitrogens with one attached hydrogen (secondary N) is 1. The average molecular weight is 221 g/mol. The predicted molar refractivity (Wildman–Crippen MR) is 62.8 cm³/mol. The van der Waals surface area contributed by atoms with Crippen LogP contribution in [0.3, 0.4) is 0 Å². The number of thiophene rings is 1. The molecule has 1 nitrogen and oxygen atoms in total. The Morgan fingerprint density at radius 1 is 1.33 bits per heavy atom. The molecule has 2 rings (SSSR count). The van der Waals surface area contributed by atoms with E-state index in [-0.39, 0.29) is 5.82 Å². The Hall–Kier alpha value is -1.35. The van der Waals surface area contributed by atoms with Gasteiger partial charge in [-0.15, -0.1) is 11.3 Å². The standard InChI is InChI=1S/C12H12FNS/c1-9-4-5-12(11(13)7-9)14-8-10-3-2-6-15-10/h2-7,14H,8H2,1H3. The number of aryl methyl sites for hydroxylation is 1. The lowest BCUT2D eigenvalue weighted by Gasteiger charge is -2.06. The van der Waals surface area contributed by atoms with Gasteiger partial charge in [0.05, 0.1) is 5.69 Å². The smallest absolute Gasteiger partial charge is 0.146 e. The molecule has 1 aromatic carbocycles. The Balaban J connectivity index is 2.05. The largest absolute Gasteiger partial charge is 0.378 e. The van der Waals surface area contributed by atoms with Crippen LogP contribution in [0.4, 0.5) is 10.1 Å². The van der Waals surface area contributed by atoms with Gasteiger partial charge in [0, 0.05) is 11.4 Å². The van der Waals surface area contributed by atoms with Gasteiger partial charge in [0.1, 0.15) is 5.82 Å². The summed E-state index contributed by atoms with van der Waals surface area (Å²) in [5.41, 5.74) is 1.50. The zero-order valence-electron chi connectivity index (χ0n) is 8.46. The summed E-state index contributed by atoms with van der Waals surface area (Å²) in [6, 6.07) is 9.24. The molecule has 0 aliphatic carbocycles. The second-order valence-electron chi connectivity index (χ2n) is 3.42. The third kappa shape index (κ3) is 2.57. The lowest BCUT2D eigenvalue weighted by molar-refractivity contribution is 0.629. The molecule has 0 radical (unpaired) electrons. The molecule has 78 valence electrons. The van der Waals surface area contributed by atoms with Crippen LogP contribution >= 0.6 is 11.3 Å². The van der Waals surface area contributed by atoms with Gasteiger partial charge in [0.15, 0.2) is 0 Å². The van der Waals surface area contributed by atoms with Gasteiger partial charge in [-0.05, 0) is 36.1 Å². The van der Waals surface area contributed by atoms with Gasteiger partial charge >= 0.3 is 0 Å². The summed E-state index contributed by atoms with van der Waals surface area (Å²) < 4.78 is 13.4. The normalized spacial score (nSPS) is 10.3. The molecule has 0 saturated heterocycles. The third-order valence-electron chi connectivity index (χ3n) is 2.16. The highest BCUT2D eigenvalue weighted by Gasteiger charge is 2.01. The number of hydrogen-bond acceptors (Lipinski definition) is 2. The molecule has 0 saturated carbocycles. The summed E-state index contributed by atoms with van der Waals surface area (Å²) in [6.45, 7) is 2.56. The van der Waals surface area contributed by atoms with E-state index in [1.54, 1.807) is 17.4 Å². The molecule has 2 aromatic rings. The molecule has 0 fully saturated rings. The molecule has 0 spiro atoms. The van der Waals surface area contributed by atoms with Crippen LogP contribution in [0.15, 0.2) is 35.7 Å². The molecular weight excluding hydrogens is 209 g/mol. The first-order chi connectivity index (χ1) is 7.25. The summed E-state index contributed by atoms with van der Waals surface area (Å²) >= 11 is 1.67. The molecule has 0 aliphatic heterocycles. The van der Waals surface area contributed by atoms with Gasteiger partial charge in [-0.3, -0.25) is 0 Å². The van der Waals surface area contributed by atoms with Crippen molar-refractivity contribution in [1.29, 1.82) is 0 Å². The van der Waals surface area contributed by atoms with Crippen LogP contribution in [0.1, 0.15) is 10.4 Å². The lowest BCUT2D eigenvalue weighted by atomic mass is 10.2. The van der Waals surface area contributed by atoms with E-state index in [9.17, 15) is 4.39 Å². The van der Waals surface area contributed by atoms with Crippen molar-refractivity contribution in [3.8, 4) is 0 Å². The first kappa shape index (κ1) is 10.2. The van der Waals surface area contributed by atoms with Crippen molar-refractivity contribution in [2.24, 2.45) is 0 Å². The van der Waals surface area contributed by atoms with Crippen molar-refractivity contribution >= 4 is 17.0 Å². The van der Waals surface area contributed by atoms with Crippen LogP contribution in [-0.4, -0.2) is 0 Å². The fourth-order valence-electron chi connectivity index (χ4n) is 1.36. The van der Waals surface area contributed by atoms with Crippen molar-refractivity contribution in [2.75, 3.05) is 5.32 Å². The number of benzene rings is 1. The Morgan fingerprint density at radius 3 is 2.87 bits per heavy atom. The van der Waals surface area contributed by atoms with Crippen molar-refractivity contribution in [3.05, 3.63) is 52.0 Å². The molecule has 3 heteroatoms. The van der Waals surface area contributed by atoms with E-state index in [1.807, 2.05) is 30.5 Å². The lowest BCUT2D eigenvalue weighted by Crippen LogP contribution is -1.99. The van der Waals surface area contributed by atoms with Crippen LogP contribution in [0, 0.1) is 12.7 Å². The van der Waals surface area contributed by atoms with Gasteiger partial charge < -0.3 is 5.32 Å². The molecule has 0 aliphatic rings. The molecule has 15 heavy (non-hydrogen) atoms. The first-order valence-electron chi connectivity index (χ1n) is 4.78. The highest BCUT2D eigenvalue weighted by Crippen LogP contribution is 2.17. The van der Waals surface area contributed by atoms with Crippen LogP contribution < -0.4 is 5.32 Å². The SMILES string of the molecule is Cc1ccc(NCc2cccs2)c(F)c1. The first-order valence-corrected chi connectivity index (χ1v) is 5.66. The molecule has 0 bridgehead atoms. The maximum Gasteiger partial charge on any atom is 0.146 e. The Kier molecular flexibility index (Phi) is 3.02. The number of halogens is 1. The van der Waals surface area contributed by atoms with E-state index in [1.165, 1.54) is 10.9 Å². The fraction of sp³-hybridized carbons (Fsp3) is 0.167. The van der Waals surface area contributed by atoms with Crippen molar-refractivity contribution in [3.63, 3.8) is 0 Å². The van der Waals surface area contributed by atoms with Crippen molar-refractivity contribution in [1.82, 2.24) is 0 Å². The third-order valence-corrected chi connectivity index (χ3v) is 3.03. The average Bonchev–Trinajstić information content (AvgIpc) is 2.69. The monoisotopic (exact) mass is 221 g/mol. The highest BCUT2D eigenvalue weighted by molar-refractivity contribution is 7.09. The Morgan fingerprint density at radius 2 is 2.20 bits per heavy atom. The zero-order chi connectivity index (χ0) is 10.7. The maximum absolute atomic E-state index is 13.4. The summed E-state index contributed by atoms with van der Waals surface area (Å²) in [4.78, 5) is 1.20. The zero-order valence-corrected chi connectivity index (χ0v) is 9.27. The second kappa shape index (κ2) is 4.45. The van der Waals surface area contributed by atoms with Gasteiger partial charge in [-0.2, -0.15) is 0 Å². The van der Waals surface area contributed by atoms with Gasteiger partial charge in [-0.1, -0.05) is 12.1 Å². The van der Waals surface area contributed by atoms with Crippen LogP contribution in [0.2, 0.25) is 0 Å². The van der Waals surface area contributed by atoms with Gasteiger partial charge in [0.25, 0.3) is 0 Å². The molecular formula is C12H12FNS. The van der Waals surface area contributed by atoms with Crippen molar-refractivity contribution < 1.29 is 4.39 Å². The van der Waals surface area contributed by atoms with Crippen molar-refractivity contribution in [2.45, 2.75) is 13.5 Å². The number of hydrogen-bond donors (Lipinski definition) is 1. The summed E-state index contributed by atoms with van der Waals surface area (Å²) in [7, 11) is 0. The fourth-order valence-corrected chi connectivity index (χ4v) is 2.00. The van der Waals surface area contributed by atoms with E-state index in [2.05, 4.69) is 5.32 Å². The van der Waals surface area contributed by atoms with E-state index in [0.29, 0.717) is 12.2 Å². The molecule has 1 heterocycles. The van der Waals surface area contributed by atoms with Gasteiger partial charge in [0.2, 0.25) is 0 Å². The minimum atomic E-state index is -0.188. The molecule has 1 aromatic heterocycles. The Bertz CT molecular complexity index is 437. The van der Waals surface area contributed by atoms with E-state index in [4.69, 9.17) is 0 Å². The van der Waals surface area contributed by atoms with Crippen LogP contribution in [0.25, 0.3) is 0 Å². The summed E-state index contributed by atoms with van der Waals surface area (Å²) in [5.74, 6) is -0.188. The van der Waals surface area contributed by atoms with Crippen LogP contribution in [0.5, 0.6) is 0 Å². The summed E-state index contributed by atoms with van der Waals surface area (Å²) in [6.07, 6.45) is 0. The van der Waals surface area contributed by atoms with Crippen LogP contribution in [-0.2, 0) is 6.54 Å². The Labute approximate surface area is 92.6 Å². The second-order valence-corrected chi connectivity index (χ2v) is 4.45. The molecule has 1 N–H and O–H groups in total. The van der Waals surface area contributed by atoms with E-state index >= 15 is 0 Å². The quantitative estimate of drug-likeness (QED) is 0.831.